The van der Waals surface area contributed by atoms with E-state index in [1.807, 2.05) is 48.5 Å². The molecule has 3 aromatic rings. The minimum absolute atomic E-state index is 0.00417. The SMILES string of the molecule is COCCNC(=O)CCN(CC(C)C)c1nc(-c2ccccc2Cl)nc2ccccc12. The monoisotopic (exact) mass is 440 g/mol. The Morgan fingerprint density at radius 3 is 2.61 bits per heavy atom. The lowest BCUT2D eigenvalue weighted by molar-refractivity contribution is -0.121. The van der Waals surface area contributed by atoms with E-state index >= 15 is 0 Å². The zero-order valence-electron chi connectivity index (χ0n) is 18.3. The third-order valence-corrected chi connectivity index (χ3v) is 5.15. The summed E-state index contributed by atoms with van der Waals surface area (Å²) in [6.45, 7) is 6.65. The van der Waals surface area contributed by atoms with Crippen LogP contribution in [0.4, 0.5) is 5.82 Å². The fraction of sp³-hybridized carbons (Fsp3) is 0.375. The Bertz CT molecular complexity index is 1030. The molecule has 1 heterocycles. The summed E-state index contributed by atoms with van der Waals surface area (Å²) in [5, 5.41) is 4.45. The highest BCUT2D eigenvalue weighted by Crippen LogP contribution is 2.31. The molecule has 0 atom stereocenters. The fourth-order valence-corrected chi connectivity index (χ4v) is 3.63. The molecule has 0 spiro atoms. The van der Waals surface area contributed by atoms with Crippen LogP contribution in [-0.2, 0) is 9.53 Å². The molecule has 0 bridgehead atoms. The van der Waals surface area contributed by atoms with Crippen molar-refractivity contribution in [3.63, 3.8) is 0 Å². The standard InChI is InChI=1S/C24H29ClN4O2/c1-17(2)16-29(14-12-22(30)26-13-15-31-3)24-19-9-5-7-11-21(19)27-23(28-24)18-8-4-6-10-20(18)25/h4-11,17H,12-16H2,1-3H3,(H,26,30). The molecule has 0 fully saturated rings. The number of nitrogens with one attached hydrogen (secondary N) is 1. The lowest BCUT2D eigenvalue weighted by Gasteiger charge is -2.27. The Labute approximate surface area is 188 Å². The van der Waals surface area contributed by atoms with E-state index in [0.29, 0.717) is 42.9 Å². The van der Waals surface area contributed by atoms with E-state index in [4.69, 9.17) is 26.3 Å². The first kappa shape index (κ1) is 23.0. The van der Waals surface area contributed by atoms with Gasteiger partial charge in [-0.15, -0.1) is 0 Å². The van der Waals surface area contributed by atoms with Crippen LogP contribution in [0.15, 0.2) is 48.5 Å². The molecular weight excluding hydrogens is 412 g/mol. The number of hydrogen-bond acceptors (Lipinski definition) is 5. The summed E-state index contributed by atoms with van der Waals surface area (Å²) in [5.41, 5.74) is 1.64. The van der Waals surface area contributed by atoms with E-state index in [0.717, 1.165) is 28.8 Å². The molecule has 1 N–H and O–H groups in total. The molecule has 1 amide bonds. The first-order valence-electron chi connectivity index (χ1n) is 10.5. The predicted octanol–water partition coefficient (Wildman–Crippen LogP) is 4.57. The largest absolute Gasteiger partial charge is 0.383 e. The maximum Gasteiger partial charge on any atom is 0.221 e. The van der Waals surface area contributed by atoms with Gasteiger partial charge in [0.25, 0.3) is 0 Å². The average molecular weight is 441 g/mol. The summed E-state index contributed by atoms with van der Waals surface area (Å²) in [7, 11) is 1.62. The van der Waals surface area contributed by atoms with Crippen LogP contribution in [0.25, 0.3) is 22.3 Å². The van der Waals surface area contributed by atoms with Gasteiger partial charge in [-0.05, 0) is 30.2 Å². The summed E-state index contributed by atoms with van der Waals surface area (Å²) in [4.78, 5) is 24.1. The summed E-state index contributed by atoms with van der Waals surface area (Å²) in [6, 6.07) is 15.5. The third-order valence-electron chi connectivity index (χ3n) is 4.82. The molecule has 0 aliphatic heterocycles. The maximum absolute atomic E-state index is 12.3. The second kappa shape index (κ2) is 11.1. The Balaban J connectivity index is 1.97. The molecule has 1 aromatic heterocycles. The zero-order valence-corrected chi connectivity index (χ0v) is 19.0. The minimum Gasteiger partial charge on any atom is -0.383 e. The van der Waals surface area contributed by atoms with Gasteiger partial charge in [-0.2, -0.15) is 0 Å². The first-order valence-corrected chi connectivity index (χ1v) is 10.9. The van der Waals surface area contributed by atoms with Crippen LogP contribution in [0.3, 0.4) is 0 Å². The molecule has 0 aliphatic carbocycles. The molecule has 0 aliphatic rings. The molecule has 31 heavy (non-hydrogen) atoms. The Hall–Kier alpha value is -2.70. The third kappa shape index (κ3) is 6.15. The summed E-state index contributed by atoms with van der Waals surface area (Å²) in [5.74, 6) is 1.79. The van der Waals surface area contributed by atoms with E-state index in [1.165, 1.54) is 0 Å². The lowest BCUT2D eigenvalue weighted by Crippen LogP contribution is -2.34. The molecule has 7 heteroatoms. The van der Waals surface area contributed by atoms with Gasteiger partial charge >= 0.3 is 0 Å². The second-order valence-corrected chi connectivity index (χ2v) is 8.21. The average Bonchev–Trinajstić information content (AvgIpc) is 2.76. The highest BCUT2D eigenvalue weighted by Gasteiger charge is 2.18. The van der Waals surface area contributed by atoms with Gasteiger partial charge in [0.1, 0.15) is 5.82 Å². The van der Waals surface area contributed by atoms with Gasteiger partial charge in [0, 0.05) is 44.1 Å². The van der Waals surface area contributed by atoms with Crippen molar-refractivity contribution in [2.45, 2.75) is 20.3 Å². The van der Waals surface area contributed by atoms with Gasteiger partial charge in [0.05, 0.1) is 17.1 Å². The number of benzene rings is 2. The fourth-order valence-electron chi connectivity index (χ4n) is 3.41. The number of rotatable bonds is 10. The topological polar surface area (TPSA) is 67.3 Å². The Kier molecular flexibility index (Phi) is 8.20. The van der Waals surface area contributed by atoms with Crippen LogP contribution in [0.5, 0.6) is 0 Å². The number of anilines is 1. The van der Waals surface area contributed by atoms with E-state index in [9.17, 15) is 4.79 Å². The molecule has 0 saturated carbocycles. The van der Waals surface area contributed by atoms with Crippen LogP contribution in [0.1, 0.15) is 20.3 Å². The van der Waals surface area contributed by atoms with Crippen LogP contribution >= 0.6 is 11.6 Å². The van der Waals surface area contributed by atoms with Gasteiger partial charge in [-0.3, -0.25) is 4.79 Å². The number of ether oxygens (including phenoxy) is 1. The second-order valence-electron chi connectivity index (χ2n) is 7.80. The van der Waals surface area contributed by atoms with Crippen molar-refractivity contribution in [1.29, 1.82) is 0 Å². The number of aromatic nitrogens is 2. The molecule has 6 nitrogen and oxygen atoms in total. The number of amides is 1. The number of hydrogen-bond donors (Lipinski definition) is 1. The van der Waals surface area contributed by atoms with Crippen molar-refractivity contribution >= 4 is 34.2 Å². The number of methoxy groups -OCH3 is 1. The normalized spacial score (nSPS) is 11.1. The molecule has 3 rings (SSSR count). The van der Waals surface area contributed by atoms with Crippen molar-refractivity contribution in [1.82, 2.24) is 15.3 Å². The van der Waals surface area contributed by atoms with E-state index < -0.39 is 0 Å². The van der Waals surface area contributed by atoms with Crippen LogP contribution < -0.4 is 10.2 Å². The van der Waals surface area contributed by atoms with Crippen molar-refractivity contribution in [2.75, 3.05) is 38.3 Å². The predicted molar refractivity (Wildman–Crippen MR) is 127 cm³/mol. The summed E-state index contributed by atoms with van der Waals surface area (Å²) >= 11 is 6.43. The number of carbonyl (C=O) groups excluding carboxylic acids is 1. The highest BCUT2D eigenvalue weighted by molar-refractivity contribution is 6.33. The zero-order chi connectivity index (χ0) is 22.2. The smallest absolute Gasteiger partial charge is 0.221 e. The summed E-state index contributed by atoms with van der Waals surface area (Å²) in [6.07, 6.45) is 0.371. The molecule has 0 saturated heterocycles. The van der Waals surface area contributed by atoms with Crippen molar-refractivity contribution in [3.05, 3.63) is 53.6 Å². The Morgan fingerprint density at radius 2 is 1.87 bits per heavy atom. The molecule has 0 radical (unpaired) electrons. The lowest BCUT2D eigenvalue weighted by atomic mass is 10.1. The van der Waals surface area contributed by atoms with E-state index in [2.05, 4.69) is 24.1 Å². The quantitative estimate of drug-likeness (QED) is 0.468. The van der Waals surface area contributed by atoms with Crippen LogP contribution in [-0.4, -0.2) is 49.2 Å². The number of carbonyl (C=O) groups is 1. The Morgan fingerprint density at radius 1 is 1.13 bits per heavy atom. The van der Waals surface area contributed by atoms with Gasteiger partial charge in [0.2, 0.25) is 5.91 Å². The minimum atomic E-state index is -0.00417. The van der Waals surface area contributed by atoms with Gasteiger partial charge in [-0.25, -0.2) is 9.97 Å². The van der Waals surface area contributed by atoms with Crippen LogP contribution in [0, 0.1) is 5.92 Å². The van der Waals surface area contributed by atoms with Crippen LogP contribution in [0.2, 0.25) is 5.02 Å². The molecule has 2 aromatic carbocycles. The maximum atomic E-state index is 12.3. The van der Waals surface area contributed by atoms with E-state index in [-0.39, 0.29) is 5.91 Å². The van der Waals surface area contributed by atoms with Crippen molar-refractivity contribution < 1.29 is 9.53 Å². The van der Waals surface area contributed by atoms with E-state index in [1.54, 1.807) is 7.11 Å². The number of para-hydroxylation sites is 1. The summed E-state index contributed by atoms with van der Waals surface area (Å²) < 4.78 is 5.00. The molecular formula is C24H29ClN4O2. The first-order chi connectivity index (χ1) is 15.0. The molecule has 0 unspecified atom stereocenters. The number of nitrogens with zero attached hydrogens (tertiary/aromatic N) is 3. The molecule has 164 valence electrons. The van der Waals surface area contributed by atoms with Crippen molar-refractivity contribution in [3.8, 4) is 11.4 Å². The van der Waals surface area contributed by atoms with Crippen molar-refractivity contribution in [2.24, 2.45) is 5.92 Å². The number of fused-ring (bicyclic) bond motifs is 1. The highest BCUT2D eigenvalue weighted by atomic mass is 35.5. The number of halogens is 1. The van der Waals surface area contributed by atoms with Gasteiger partial charge in [0.15, 0.2) is 5.82 Å². The van der Waals surface area contributed by atoms with Gasteiger partial charge < -0.3 is 15.0 Å². The van der Waals surface area contributed by atoms with Gasteiger partial charge in [-0.1, -0.05) is 49.7 Å².